The highest BCUT2D eigenvalue weighted by Crippen LogP contribution is 2.01. The zero-order valence-electron chi connectivity index (χ0n) is 6.87. The molecule has 0 bridgehead atoms. The second-order valence-corrected chi connectivity index (χ2v) is 2.67. The summed E-state index contributed by atoms with van der Waals surface area (Å²) in [7, 11) is 0. The number of hydrogen-bond acceptors (Lipinski definition) is 0. The Bertz CT molecular complexity index is 161. The number of rotatable bonds is 0. The van der Waals surface area contributed by atoms with Crippen molar-refractivity contribution in [3.8, 4) is 0 Å². The van der Waals surface area contributed by atoms with Gasteiger partial charge in [-0.15, -0.1) is 0 Å². The largest absolute Gasteiger partial charge is 0.0879 e. The molecule has 0 fully saturated rings. The Morgan fingerprint density at radius 2 is 1.09 bits per heavy atom. The second kappa shape index (κ2) is 5.96. The highest BCUT2D eigenvalue weighted by atomic mass is 13.9. The summed E-state index contributed by atoms with van der Waals surface area (Å²) in [4.78, 5) is 0. The van der Waals surface area contributed by atoms with Gasteiger partial charge in [-0.1, -0.05) is 36.5 Å². The molecule has 0 aliphatic heterocycles. The van der Waals surface area contributed by atoms with Crippen LogP contribution in [0.5, 0.6) is 0 Å². The van der Waals surface area contributed by atoms with E-state index in [0.717, 1.165) is 12.8 Å². The molecule has 0 saturated heterocycles. The maximum Gasteiger partial charge on any atom is -0.0167 e. The van der Waals surface area contributed by atoms with E-state index < -0.39 is 0 Å². The van der Waals surface area contributed by atoms with Gasteiger partial charge in [-0.2, -0.15) is 0 Å². The van der Waals surface area contributed by atoms with Crippen LogP contribution in [0.4, 0.5) is 0 Å². The van der Waals surface area contributed by atoms with Gasteiger partial charge in [0.15, 0.2) is 0 Å². The van der Waals surface area contributed by atoms with Crippen LogP contribution in [0.3, 0.4) is 0 Å². The van der Waals surface area contributed by atoms with Gasteiger partial charge in [-0.3, -0.25) is 0 Å². The van der Waals surface area contributed by atoms with Gasteiger partial charge in [-0.05, 0) is 32.1 Å². The van der Waals surface area contributed by atoms with Gasteiger partial charge in [-0.25, -0.2) is 0 Å². The van der Waals surface area contributed by atoms with E-state index in [1.54, 1.807) is 0 Å². The van der Waals surface area contributed by atoms with E-state index in [0.29, 0.717) is 0 Å². The van der Waals surface area contributed by atoms with Crippen LogP contribution in [-0.4, -0.2) is 0 Å². The van der Waals surface area contributed by atoms with Gasteiger partial charge in [0, 0.05) is 0 Å². The summed E-state index contributed by atoms with van der Waals surface area (Å²) in [5.41, 5.74) is 0. The third kappa shape index (κ3) is 4.60. The van der Waals surface area contributed by atoms with Gasteiger partial charge in [0.1, 0.15) is 0 Å². The maximum absolute atomic E-state index is 2.23. The molecular formula is C11H15. The first-order valence-electron chi connectivity index (χ1n) is 4.30. The molecule has 1 aliphatic carbocycles. The van der Waals surface area contributed by atoms with Crippen molar-refractivity contribution < 1.29 is 0 Å². The molecule has 1 rings (SSSR count). The molecule has 0 aromatic heterocycles. The Morgan fingerprint density at radius 1 is 0.545 bits per heavy atom. The van der Waals surface area contributed by atoms with Crippen molar-refractivity contribution >= 4 is 0 Å². The number of hydrogen-bond donors (Lipinski definition) is 0. The van der Waals surface area contributed by atoms with Crippen molar-refractivity contribution in [1.82, 2.24) is 0 Å². The van der Waals surface area contributed by atoms with E-state index in [1.807, 2.05) is 0 Å². The highest BCUT2D eigenvalue weighted by Gasteiger charge is 1.82. The Kier molecular flexibility index (Phi) is 4.51. The van der Waals surface area contributed by atoms with Crippen LogP contribution in [-0.2, 0) is 0 Å². The van der Waals surface area contributed by atoms with E-state index in [2.05, 4.69) is 42.9 Å². The predicted molar refractivity (Wildman–Crippen MR) is 50.2 cm³/mol. The van der Waals surface area contributed by atoms with Crippen LogP contribution in [0.1, 0.15) is 25.7 Å². The van der Waals surface area contributed by atoms with Crippen molar-refractivity contribution in [3.05, 3.63) is 42.9 Å². The van der Waals surface area contributed by atoms with Gasteiger partial charge in [0.05, 0.1) is 0 Å². The standard InChI is InChI=1S/C11H15/c1-2-4-6-8-10-11-9-7-5-3-1/h1-4,9-11H,5-8H2/b3-1-,4-2-,11-9-. The quantitative estimate of drug-likeness (QED) is 0.492. The monoisotopic (exact) mass is 147 g/mol. The molecule has 0 heterocycles. The van der Waals surface area contributed by atoms with Crippen LogP contribution in [0.25, 0.3) is 0 Å². The maximum atomic E-state index is 2.23. The first-order chi connectivity index (χ1) is 5.50. The van der Waals surface area contributed by atoms with E-state index >= 15 is 0 Å². The third-order valence-corrected chi connectivity index (χ3v) is 1.66. The minimum atomic E-state index is 1.16. The lowest BCUT2D eigenvalue weighted by Crippen LogP contribution is -1.69. The summed E-state index contributed by atoms with van der Waals surface area (Å²) >= 11 is 0. The van der Waals surface area contributed by atoms with E-state index in [4.69, 9.17) is 0 Å². The lowest BCUT2D eigenvalue weighted by molar-refractivity contribution is 0.997. The first kappa shape index (κ1) is 8.32. The minimum Gasteiger partial charge on any atom is -0.0879 e. The smallest absolute Gasteiger partial charge is 0.0167 e. The van der Waals surface area contributed by atoms with Crippen LogP contribution >= 0.6 is 0 Å². The first-order valence-corrected chi connectivity index (χ1v) is 4.30. The van der Waals surface area contributed by atoms with Crippen LogP contribution in [0.2, 0.25) is 0 Å². The molecule has 0 N–H and O–H groups in total. The summed E-state index contributed by atoms with van der Waals surface area (Å²) in [6, 6.07) is 0. The topological polar surface area (TPSA) is 0 Å². The molecule has 1 radical (unpaired) electrons. The van der Waals surface area contributed by atoms with Gasteiger partial charge < -0.3 is 0 Å². The normalized spacial score (nSPS) is 28.4. The van der Waals surface area contributed by atoms with Crippen molar-refractivity contribution in [2.75, 3.05) is 0 Å². The summed E-state index contributed by atoms with van der Waals surface area (Å²) in [5.74, 6) is 0. The molecule has 0 atom stereocenters. The molecule has 59 valence electrons. The Labute approximate surface area is 69.3 Å². The Morgan fingerprint density at radius 3 is 1.82 bits per heavy atom. The zero-order valence-corrected chi connectivity index (χ0v) is 6.87. The van der Waals surface area contributed by atoms with Gasteiger partial charge >= 0.3 is 0 Å². The summed E-state index contributed by atoms with van der Waals surface area (Å²) in [6.45, 7) is 0. The Hall–Kier alpha value is -0.780. The molecule has 0 unspecified atom stereocenters. The lowest BCUT2D eigenvalue weighted by Gasteiger charge is -1.87. The molecular weight excluding hydrogens is 132 g/mol. The van der Waals surface area contributed by atoms with E-state index in [1.165, 1.54) is 12.8 Å². The van der Waals surface area contributed by atoms with Crippen molar-refractivity contribution in [2.24, 2.45) is 0 Å². The average molecular weight is 147 g/mol. The Balaban J connectivity index is 2.34. The summed E-state index contributed by atoms with van der Waals surface area (Å²) < 4.78 is 0. The van der Waals surface area contributed by atoms with Gasteiger partial charge in [0.2, 0.25) is 0 Å². The number of allylic oxidation sites excluding steroid dienone is 6. The van der Waals surface area contributed by atoms with Gasteiger partial charge in [0.25, 0.3) is 0 Å². The molecule has 1 aliphatic rings. The molecule has 0 heteroatoms. The molecule has 0 saturated carbocycles. The zero-order chi connectivity index (χ0) is 7.78. The van der Waals surface area contributed by atoms with Crippen LogP contribution in [0.15, 0.2) is 36.5 Å². The summed E-state index contributed by atoms with van der Waals surface area (Å²) in [5, 5.41) is 0. The lowest BCUT2D eigenvalue weighted by atomic mass is 10.2. The molecule has 0 spiro atoms. The minimum absolute atomic E-state index is 1.16. The SMILES string of the molecule is [CH]1/C=C\CC/C=C\C=C/CC1. The fourth-order valence-corrected chi connectivity index (χ4v) is 1.02. The van der Waals surface area contributed by atoms with Crippen LogP contribution in [0, 0.1) is 6.42 Å². The molecule has 11 heavy (non-hydrogen) atoms. The molecule has 0 aromatic rings. The van der Waals surface area contributed by atoms with Crippen LogP contribution < -0.4 is 0 Å². The van der Waals surface area contributed by atoms with Crippen molar-refractivity contribution in [2.45, 2.75) is 25.7 Å². The van der Waals surface area contributed by atoms with E-state index in [9.17, 15) is 0 Å². The molecule has 0 nitrogen and oxygen atoms in total. The second-order valence-electron chi connectivity index (χ2n) is 2.67. The predicted octanol–water partition coefficient (Wildman–Crippen LogP) is 3.43. The highest BCUT2D eigenvalue weighted by molar-refractivity contribution is 5.05. The average Bonchev–Trinajstić information content (AvgIpc) is 2.08. The fourth-order valence-electron chi connectivity index (χ4n) is 1.02. The van der Waals surface area contributed by atoms with Crippen molar-refractivity contribution in [3.63, 3.8) is 0 Å². The van der Waals surface area contributed by atoms with Crippen molar-refractivity contribution in [1.29, 1.82) is 0 Å². The third-order valence-electron chi connectivity index (χ3n) is 1.66. The molecule has 0 aromatic carbocycles. The van der Waals surface area contributed by atoms with E-state index in [-0.39, 0.29) is 0 Å². The summed E-state index contributed by atoms with van der Waals surface area (Å²) in [6.07, 6.45) is 20.0. The fraction of sp³-hybridized carbons (Fsp3) is 0.364. The molecule has 0 amide bonds.